The van der Waals surface area contributed by atoms with Gasteiger partial charge in [0.25, 0.3) is 5.91 Å². The zero-order valence-corrected chi connectivity index (χ0v) is 11.8. The number of H-pyrrole nitrogens is 1. The Bertz CT molecular complexity index is 704. The molecule has 0 spiro atoms. The monoisotopic (exact) mass is 310 g/mol. The Morgan fingerprint density at radius 1 is 1.42 bits per heavy atom. The number of nitrogens with zero attached hydrogens (tertiary/aromatic N) is 2. The molecule has 0 aromatic carbocycles. The van der Waals surface area contributed by atoms with Gasteiger partial charge < -0.3 is 4.98 Å². The van der Waals surface area contributed by atoms with Gasteiger partial charge in [-0.25, -0.2) is 0 Å². The first-order valence-electron chi connectivity index (χ1n) is 5.24. The Labute approximate surface area is 121 Å². The molecule has 0 radical (unpaired) electrons. The van der Waals surface area contributed by atoms with Crippen molar-refractivity contribution in [3.05, 3.63) is 39.8 Å². The lowest BCUT2D eigenvalue weighted by Crippen LogP contribution is -2.11. The first kappa shape index (κ1) is 12.3. The number of aromatic amines is 1. The van der Waals surface area contributed by atoms with Gasteiger partial charge in [0.1, 0.15) is 10.7 Å². The van der Waals surface area contributed by atoms with Crippen molar-refractivity contribution in [2.45, 2.75) is 0 Å². The number of aromatic nitrogens is 3. The number of carbonyl (C=O) groups excluding carboxylic acids is 1. The molecule has 0 atom stereocenters. The summed E-state index contributed by atoms with van der Waals surface area (Å²) in [5, 5.41) is 16.3. The van der Waals surface area contributed by atoms with Gasteiger partial charge in [-0.3, -0.25) is 10.1 Å². The molecule has 96 valence electrons. The molecule has 0 aliphatic rings. The number of carbonyl (C=O) groups is 1. The number of thiophene rings is 1. The third kappa shape index (κ3) is 2.67. The van der Waals surface area contributed by atoms with E-state index in [0.29, 0.717) is 15.8 Å². The van der Waals surface area contributed by atoms with Gasteiger partial charge in [-0.05, 0) is 17.5 Å². The maximum absolute atomic E-state index is 11.9. The van der Waals surface area contributed by atoms with Gasteiger partial charge in [-0.1, -0.05) is 22.9 Å². The summed E-state index contributed by atoms with van der Waals surface area (Å²) < 4.78 is 0. The fraction of sp³-hybridized carbons (Fsp3) is 0. The van der Waals surface area contributed by atoms with E-state index >= 15 is 0 Å². The molecule has 19 heavy (non-hydrogen) atoms. The normalized spacial score (nSPS) is 10.6. The minimum Gasteiger partial charge on any atom is -0.356 e. The smallest absolute Gasteiger partial charge is 0.273 e. The van der Waals surface area contributed by atoms with E-state index in [-0.39, 0.29) is 5.91 Å². The molecule has 1 amide bonds. The first-order valence-corrected chi connectivity index (χ1v) is 7.37. The van der Waals surface area contributed by atoms with E-state index in [1.807, 2.05) is 16.8 Å². The number of anilines is 1. The highest BCUT2D eigenvalue weighted by molar-refractivity contribution is 7.19. The average Bonchev–Trinajstić information content (AvgIpc) is 3.07. The van der Waals surface area contributed by atoms with E-state index in [1.165, 1.54) is 11.3 Å². The maximum atomic E-state index is 11.9. The summed E-state index contributed by atoms with van der Waals surface area (Å²) in [7, 11) is 0. The van der Waals surface area contributed by atoms with Crippen molar-refractivity contribution < 1.29 is 4.79 Å². The zero-order valence-electron chi connectivity index (χ0n) is 9.38. The van der Waals surface area contributed by atoms with E-state index in [2.05, 4.69) is 20.5 Å². The summed E-state index contributed by atoms with van der Waals surface area (Å²) in [6, 6.07) is 3.51. The van der Waals surface area contributed by atoms with Crippen LogP contribution in [0.4, 0.5) is 5.13 Å². The third-order valence-electron chi connectivity index (χ3n) is 2.31. The SMILES string of the molecule is O=C(Nc1nnc(-c2ccsc2)s1)c1cc(Cl)c[nH]1. The predicted molar refractivity (Wildman–Crippen MR) is 77.0 cm³/mol. The van der Waals surface area contributed by atoms with Gasteiger partial charge in [-0.2, -0.15) is 11.3 Å². The third-order valence-corrected chi connectivity index (χ3v) is 4.10. The van der Waals surface area contributed by atoms with Crippen molar-refractivity contribution in [2.24, 2.45) is 0 Å². The molecule has 0 aliphatic carbocycles. The standard InChI is InChI=1S/C11H7ClN4OS2/c12-7-3-8(13-4-7)9(17)14-11-16-15-10(19-11)6-1-2-18-5-6/h1-5,13H,(H,14,16,17). The molecule has 8 heteroatoms. The van der Waals surface area contributed by atoms with Gasteiger partial charge in [-0.15, -0.1) is 10.2 Å². The first-order chi connectivity index (χ1) is 9.22. The van der Waals surface area contributed by atoms with Crippen LogP contribution < -0.4 is 5.32 Å². The fourth-order valence-electron chi connectivity index (χ4n) is 1.44. The number of rotatable bonds is 3. The highest BCUT2D eigenvalue weighted by Gasteiger charge is 2.12. The molecule has 0 saturated carbocycles. The van der Waals surface area contributed by atoms with Crippen LogP contribution in [-0.4, -0.2) is 21.1 Å². The highest BCUT2D eigenvalue weighted by Crippen LogP contribution is 2.28. The molecule has 3 heterocycles. The Morgan fingerprint density at radius 3 is 3.00 bits per heavy atom. The second-order valence-electron chi connectivity index (χ2n) is 3.61. The van der Waals surface area contributed by atoms with Gasteiger partial charge in [0.15, 0.2) is 0 Å². The molecular weight excluding hydrogens is 304 g/mol. The van der Waals surface area contributed by atoms with E-state index in [9.17, 15) is 4.79 Å². The van der Waals surface area contributed by atoms with Crippen LogP contribution in [0, 0.1) is 0 Å². The summed E-state index contributed by atoms with van der Waals surface area (Å²) in [5.74, 6) is -0.292. The Balaban J connectivity index is 1.76. The zero-order chi connectivity index (χ0) is 13.2. The molecule has 0 aliphatic heterocycles. The van der Waals surface area contributed by atoms with Gasteiger partial charge in [0, 0.05) is 17.1 Å². The van der Waals surface area contributed by atoms with Crippen LogP contribution in [0.1, 0.15) is 10.5 Å². The van der Waals surface area contributed by atoms with Crippen LogP contribution in [0.5, 0.6) is 0 Å². The summed E-state index contributed by atoms with van der Waals surface area (Å²) in [6.45, 7) is 0. The van der Waals surface area contributed by atoms with Crippen molar-refractivity contribution in [3.8, 4) is 10.6 Å². The molecule has 0 bridgehead atoms. The second-order valence-corrected chi connectivity index (χ2v) is 5.80. The summed E-state index contributed by atoms with van der Waals surface area (Å²) in [5.41, 5.74) is 1.39. The summed E-state index contributed by atoms with van der Waals surface area (Å²) >= 11 is 8.66. The Kier molecular flexibility index (Phi) is 3.33. The molecule has 0 fully saturated rings. The van der Waals surface area contributed by atoms with Crippen LogP contribution in [0.15, 0.2) is 29.1 Å². The molecule has 0 unspecified atom stereocenters. The second kappa shape index (κ2) is 5.12. The molecule has 5 nitrogen and oxygen atoms in total. The van der Waals surface area contributed by atoms with Crippen molar-refractivity contribution in [2.75, 3.05) is 5.32 Å². The van der Waals surface area contributed by atoms with Gasteiger partial charge in [0.2, 0.25) is 5.13 Å². The fourth-order valence-corrected chi connectivity index (χ4v) is 3.05. The van der Waals surface area contributed by atoms with Crippen molar-refractivity contribution in [1.29, 1.82) is 0 Å². The molecule has 2 N–H and O–H groups in total. The predicted octanol–water partition coefficient (Wildman–Crippen LogP) is 3.50. The van der Waals surface area contributed by atoms with E-state index in [1.54, 1.807) is 23.6 Å². The van der Waals surface area contributed by atoms with E-state index < -0.39 is 0 Å². The van der Waals surface area contributed by atoms with Gasteiger partial charge in [0.05, 0.1) is 5.02 Å². The van der Waals surface area contributed by atoms with Crippen molar-refractivity contribution >= 4 is 45.3 Å². The topological polar surface area (TPSA) is 70.7 Å². The minimum atomic E-state index is -0.292. The molecule has 0 saturated heterocycles. The van der Waals surface area contributed by atoms with Crippen LogP contribution in [-0.2, 0) is 0 Å². The average molecular weight is 311 g/mol. The lowest BCUT2D eigenvalue weighted by Gasteiger charge is -1.96. The van der Waals surface area contributed by atoms with Gasteiger partial charge >= 0.3 is 0 Å². The molecule has 3 aromatic heterocycles. The van der Waals surface area contributed by atoms with Crippen molar-refractivity contribution in [1.82, 2.24) is 15.2 Å². The maximum Gasteiger partial charge on any atom is 0.273 e. The molecule has 3 rings (SSSR count). The van der Waals surface area contributed by atoms with Crippen LogP contribution in [0.2, 0.25) is 5.02 Å². The number of halogens is 1. The van der Waals surface area contributed by atoms with Crippen LogP contribution in [0.25, 0.3) is 10.6 Å². The van der Waals surface area contributed by atoms with Crippen molar-refractivity contribution in [3.63, 3.8) is 0 Å². The van der Waals surface area contributed by atoms with Crippen LogP contribution >= 0.6 is 34.3 Å². The number of hydrogen-bond acceptors (Lipinski definition) is 5. The molecular formula is C11H7ClN4OS2. The Morgan fingerprint density at radius 2 is 2.32 bits per heavy atom. The molecule has 3 aromatic rings. The quantitative estimate of drug-likeness (QED) is 0.777. The number of amides is 1. The number of nitrogens with one attached hydrogen (secondary N) is 2. The lowest BCUT2D eigenvalue weighted by molar-refractivity contribution is 0.102. The number of hydrogen-bond donors (Lipinski definition) is 2. The summed E-state index contributed by atoms with van der Waals surface area (Å²) in [4.78, 5) is 14.6. The summed E-state index contributed by atoms with van der Waals surface area (Å²) in [6.07, 6.45) is 1.55. The lowest BCUT2D eigenvalue weighted by atomic mass is 10.4. The van der Waals surface area contributed by atoms with Crippen LogP contribution in [0.3, 0.4) is 0 Å². The highest BCUT2D eigenvalue weighted by atomic mass is 35.5. The van der Waals surface area contributed by atoms with E-state index in [4.69, 9.17) is 11.6 Å². The van der Waals surface area contributed by atoms with E-state index in [0.717, 1.165) is 10.6 Å². The Hall–Kier alpha value is -1.70. The largest absolute Gasteiger partial charge is 0.356 e. The minimum absolute atomic E-state index is 0.292.